The van der Waals surface area contributed by atoms with E-state index in [2.05, 4.69) is 15.9 Å². The number of carbonyl (C=O) groups is 3. The van der Waals surface area contributed by atoms with Crippen molar-refractivity contribution in [3.05, 3.63) is 22.1 Å². The number of hydrogen-bond acceptors (Lipinski definition) is 7. The van der Waals surface area contributed by atoms with Gasteiger partial charge in [0.1, 0.15) is 18.1 Å². The summed E-state index contributed by atoms with van der Waals surface area (Å²) >= 11 is 3.43. The molecule has 0 radical (unpaired) electrons. The number of imide groups is 1. The van der Waals surface area contributed by atoms with Gasteiger partial charge in [0, 0.05) is 20.0 Å². The van der Waals surface area contributed by atoms with Crippen molar-refractivity contribution in [2.24, 2.45) is 11.8 Å². The number of cyclic esters (lactones) is 1. The van der Waals surface area contributed by atoms with E-state index in [1.807, 2.05) is 13.8 Å². The van der Waals surface area contributed by atoms with Gasteiger partial charge >= 0.3 is 12.1 Å². The van der Waals surface area contributed by atoms with Crippen molar-refractivity contribution in [1.29, 1.82) is 0 Å². The SMILES string of the molecule is CC(=O)O[C@H](c1cc(Br)c(CCCCO)o1)[C@H](C)C(=O)N1C(=O)OC[C@@H]1C(C)C. The monoisotopic (exact) mass is 473 g/mol. The fraction of sp³-hybridized carbons (Fsp3) is 0.650. The van der Waals surface area contributed by atoms with E-state index in [0.717, 1.165) is 11.3 Å². The van der Waals surface area contributed by atoms with Crippen LogP contribution in [-0.2, 0) is 25.5 Å². The van der Waals surface area contributed by atoms with Gasteiger partial charge in [0.05, 0.1) is 16.4 Å². The van der Waals surface area contributed by atoms with Crippen LogP contribution in [0.1, 0.15) is 58.2 Å². The number of aliphatic hydroxyl groups excluding tert-OH is 1. The Morgan fingerprint density at radius 2 is 2.03 bits per heavy atom. The van der Waals surface area contributed by atoms with E-state index in [4.69, 9.17) is 19.0 Å². The van der Waals surface area contributed by atoms with Crippen molar-refractivity contribution in [1.82, 2.24) is 4.90 Å². The third-order valence-corrected chi connectivity index (χ3v) is 5.59. The zero-order chi connectivity index (χ0) is 21.7. The van der Waals surface area contributed by atoms with Gasteiger partial charge in [0.2, 0.25) is 5.91 Å². The van der Waals surface area contributed by atoms with Gasteiger partial charge in [-0.25, -0.2) is 9.69 Å². The summed E-state index contributed by atoms with van der Waals surface area (Å²) < 4.78 is 17.0. The molecular weight excluding hydrogens is 446 g/mol. The molecule has 0 unspecified atom stereocenters. The number of nitrogens with zero attached hydrogens (tertiary/aromatic N) is 1. The zero-order valence-electron chi connectivity index (χ0n) is 17.1. The standard InChI is InChI=1S/C20H28BrNO7/c1-11(2)15-10-27-20(26)22(15)19(25)12(3)18(28-13(4)24)17-9-14(21)16(29-17)7-5-6-8-23/h9,11-12,15,18,23H,5-8,10H2,1-4H3/t12-,15+,18-/m0/s1. The van der Waals surface area contributed by atoms with E-state index < -0.39 is 30.0 Å². The lowest BCUT2D eigenvalue weighted by molar-refractivity contribution is -0.155. The number of hydrogen-bond donors (Lipinski definition) is 1. The van der Waals surface area contributed by atoms with Gasteiger partial charge in [-0.15, -0.1) is 0 Å². The minimum atomic E-state index is -0.982. The maximum absolute atomic E-state index is 13.1. The van der Waals surface area contributed by atoms with E-state index in [9.17, 15) is 14.4 Å². The van der Waals surface area contributed by atoms with Crippen LogP contribution in [0.25, 0.3) is 0 Å². The first-order valence-electron chi connectivity index (χ1n) is 9.73. The molecule has 8 nitrogen and oxygen atoms in total. The highest BCUT2D eigenvalue weighted by atomic mass is 79.9. The second-order valence-corrected chi connectivity index (χ2v) is 8.37. The lowest BCUT2D eigenvalue weighted by atomic mass is 9.98. The summed E-state index contributed by atoms with van der Waals surface area (Å²) in [4.78, 5) is 38.1. The normalized spacial score (nSPS) is 18.7. The van der Waals surface area contributed by atoms with Gasteiger partial charge in [-0.3, -0.25) is 9.59 Å². The number of aryl methyl sites for hydroxylation is 1. The first-order chi connectivity index (χ1) is 13.7. The molecule has 2 amide bonds. The minimum absolute atomic E-state index is 0.0284. The smallest absolute Gasteiger partial charge is 0.416 e. The first kappa shape index (κ1) is 23.4. The molecule has 0 bridgehead atoms. The van der Waals surface area contributed by atoms with Crippen LogP contribution in [-0.4, -0.2) is 47.2 Å². The second kappa shape index (κ2) is 10.2. The fourth-order valence-electron chi connectivity index (χ4n) is 3.25. The minimum Gasteiger partial charge on any atom is -0.461 e. The van der Waals surface area contributed by atoms with Crippen LogP contribution in [0.3, 0.4) is 0 Å². The van der Waals surface area contributed by atoms with Crippen molar-refractivity contribution in [2.75, 3.05) is 13.2 Å². The van der Waals surface area contributed by atoms with Crippen molar-refractivity contribution in [3.8, 4) is 0 Å². The maximum atomic E-state index is 13.1. The molecule has 9 heteroatoms. The van der Waals surface area contributed by atoms with E-state index in [1.165, 1.54) is 6.92 Å². The number of amides is 2. The van der Waals surface area contributed by atoms with Gasteiger partial charge in [0.25, 0.3) is 0 Å². The van der Waals surface area contributed by atoms with E-state index in [1.54, 1.807) is 13.0 Å². The van der Waals surface area contributed by atoms with E-state index >= 15 is 0 Å². The molecule has 1 fully saturated rings. The van der Waals surface area contributed by atoms with Crippen LogP contribution in [0.15, 0.2) is 15.0 Å². The number of halogens is 1. The summed E-state index contributed by atoms with van der Waals surface area (Å²) in [6, 6.07) is 1.31. The molecule has 29 heavy (non-hydrogen) atoms. The van der Waals surface area contributed by atoms with Crippen LogP contribution in [0.4, 0.5) is 4.79 Å². The van der Waals surface area contributed by atoms with Crippen LogP contribution in [0.5, 0.6) is 0 Å². The Morgan fingerprint density at radius 3 is 2.62 bits per heavy atom. The predicted molar refractivity (Wildman–Crippen MR) is 107 cm³/mol. The highest BCUT2D eigenvalue weighted by Gasteiger charge is 2.44. The molecule has 1 N–H and O–H groups in total. The zero-order valence-corrected chi connectivity index (χ0v) is 18.7. The van der Waals surface area contributed by atoms with Gasteiger partial charge in [-0.2, -0.15) is 0 Å². The Bertz CT molecular complexity index is 745. The molecule has 1 aliphatic rings. The number of esters is 1. The average molecular weight is 474 g/mol. The Balaban J connectivity index is 2.27. The van der Waals surface area contributed by atoms with Crippen molar-refractivity contribution < 1.29 is 33.4 Å². The Morgan fingerprint density at radius 1 is 1.34 bits per heavy atom. The molecule has 3 atom stereocenters. The summed E-state index contributed by atoms with van der Waals surface area (Å²) in [5, 5.41) is 8.95. The Labute approximate surface area is 178 Å². The Hall–Kier alpha value is -1.87. The number of furan rings is 1. The van der Waals surface area contributed by atoms with Gasteiger partial charge in [-0.05, 0) is 47.7 Å². The summed E-state index contributed by atoms with van der Waals surface area (Å²) in [6.07, 6.45) is 0.282. The summed E-state index contributed by atoms with van der Waals surface area (Å²) in [5.74, 6) is -0.901. The van der Waals surface area contributed by atoms with Crippen molar-refractivity contribution in [3.63, 3.8) is 0 Å². The highest BCUT2D eigenvalue weighted by Crippen LogP contribution is 2.35. The van der Waals surface area contributed by atoms with Gasteiger partial charge < -0.3 is 19.0 Å². The molecule has 0 aromatic carbocycles. The van der Waals surface area contributed by atoms with Gasteiger partial charge in [0.15, 0.2) is 6.10 Å². The Kier molecular flexibility index (Phi) is 8.27. The van der Waals surface area contributed by atoms with E-state index in [0.29, 0.717) is 28.8 Å². The number of ether oxygens (including phenoxy) is 2. The predicted octanol–water partition coefficient (Wildman–Crippen LogP) is 3.60. The number of carbonyl (C=O) groups excluding carboxylic acids is 3. The third-order valence-electron chi connectivity index (χ3n) is 4.92. The number of unbranched alkanes of at least 4 members (excludes halogenated alkanes) is 1. The van der Waals surface area contributed by atoms with E-state index in [-0.39, 0.29) is 25.2 Å². The highest BCUT2D eigenvalue weighted by molar-refractivity contribution is 9.10. The molecule has 162 valence electrons. The maximum Gasteiger partial charge on any atom is 0.416 e. The third kappa shape index (κ3) is 5.60. The molecule has 1 aromatic heterocycles. The van der Waals surface area contributed by atoms with Crippen LogP contribution in [0.2, 0.25) is 0 Å². The molecule has 1 aliphatic heterocycles. The van der Waals surface area contributed by atoms with Crippen LogP contribution >= 0.6 is 15.9 Å². The molecule has 1 saturated heterocycles. The lowest BCUT2D eigenvalue weighted by Gasteiger charge is -2.28. The summed E-state index contributed by atoms with van der Waals surface area (Å²) in [7, 11) is 0. The second-order valence-electron chi connectivity index (χ2n) is 7.52. The molecule has 0 saturated carbocycles. The fourth-order valence-corrected chi connectivity index (χ4v) is 3.75. The van der Waals surface area contributed by atoms with Crippen molar-refractivity contribution in [2.45, 2.75) is 59.1 Å². The first-order valence-corrected chi connectivity index (χ1v) is 10.5. The topological polar surface area (TPSA) is 106 Å². The largest absolute Gasteiger partial charge is 0.461 e. The molecular formula is C20H28BrNO7. The van der Waals surface area contributed by atoms with Crippen LogP contribution in [0, 0.1) is 11.8 Å². The molecule has 1 aromatic rings. The summed E-state index contributed by atoms with van der Waals surface area (Å²) in [6.45, 7) is 6.91. The molecule has 2 heterocycles. The molecule has 0 spiro atoms. The molecule has 2 rings (SSSR count). The number of aliphatic hydroxyl groups is 1. The average Bonchev–Trinajstić information content (AvgIpc) is 3.21. The quantitative estimate of drug-likeness (QED) is 0.431. The van der Waals surface area contributed by atoms with Crippen molar-refractivity contribution >= 4 is 33.9 Å². The number of rotatable bonds is 9. The molecule has 0 aliphatic carbocycles. The van der Waals surface area contributed by atoms with Crippen LogP contribution < -0.4 is 0 Å². The lowest BCUT2D eigenvalue weighted by Crippen LogP contribution is -2.45. The van der Waals surface area contributed by atoms with Gasteiger partial charge in [-0.1, -0.05) is 13.8 Å². The summed E-state index contributed by atoms with van der Waals surface area (Å²) in [5.41, 5.74) is 0.